The van der Waals surface area contributed by atoms with Crippen LogP contribution in [0, 0.1) is 5.92 Å². The first-order valence-electron chi connectivity index (χ1n) is 7.97. The van der Waals surface area contributed by atoms with E-state index in [0.29, 0.717) is 11.8 Å². The van der Waals surface area contributed by atoms with Crippen molar-refractivity contribution in [1.82, 2.24) is 9.47 Å². The highest BCUT2D eigenvalue weighted by Gasteiger charge is 2.34. The molecule has 0 aliphatic carbocycles. The summed E-state index contributed by atoms with van der Waals surface area (Å²) in [4.78, 5) is 14.5. The number of benzene rings is 1. The Hall–Kier alpha value is -1.29. The zero-order valence-corrected chi connectivity index (χ0v) is 14.2. The molecule has 2 aliphatic heterocycles. The van der Waals surface area contributed by atoms with Crippen molar-refractivity contribution in [2.45, 2.75) is 25.4 Å². The maximum absolute atomic E-state index is 12.1. The minimum absolute atomic E-state index is 0.125. The van der Waals surface area contributed by atoms with E-state index in [-0.39, 0.29) is 5.56 Å². The minimum atomic E-state index is 0.125. The van der Waals surface area contributed by atoms with Crippen LogP contribution >= 0.6 is 23.2 Å². The van der Waals surface area contributed by atoms with Gasteiger partial charge < -0.3 is 4.57 Å². The van der Waals surface area contributed by atoms with Crippen LogP contribution in [0.2, 0.25) is 10.0 Å². The fraction of sp³-hybridized carbons (Fsp3) is 0.389. The van der Waals surface area contributed by atoms with Gasteiger partial charge in [-0.15, -0.1) is 0 Å². The van der Waals surface area contributed by atoms with Crippen LogP contribution in [-0.4, -0.2) is 22.6 Å². The number of rotatable bonds is 2. The van der Waals surface area contributed by atoms with Gasteiger partial charge in [-0.05, 0) is 30.5 Å². The molecule has 0 saturated carbocycles. The maximum atomic E-state index is 12.1. The maximum Gasteiger partial charge on any atom is 0.250 e. The molecule has 3 nitrogen and oxygen atoms in total. The first-order chi connectivity index (χ1) is 11.1. The number of aromatic nitrogens is 1. The normalized spacial score (nSPS) is 23.6. The largest absolute Gasteiger partial charge is 0.312 e. The fourth-order valence-electron chi connectivity index (χ4n) is 4.03. The quantitative estimate of drug-likeness (QED) is 0.825. The molecule has 4 rings (SSSR count). The summed E-state index contributed by atoms with van der Waals surface area (Å²) >= 11 is 12.6. The smallest absolute Gasteiger partial charge is 0.250 e. The number of halogens is 2. The van der Waals surface area contributed by atoms with E-state index in [2.05, 4.69) is 11.0 Å². The van der Waals surface area contributed by atoms with Gasteiger partial charge in [0.05, 0.1) is 0 Å². The monoisotopic (exact) mass is 348 g/mol. The van der Waals surface area contributed by atoms with Crippen LogP contribution in [0.3, 0.4) is 0 Å². The molecule has 120 valence electrons. The van der Waals surface area contributed by atoms with E-state index in [9.17, 15) is 4.79 Å². The molecule has 0 N–H and O–H groups in total. The zero-order chi connectivity index (χ0) is 16.0. The van der Waals surface area contributed by atoms with E-state index < -0.39 is 0 Å². The van der Waals surface area contributed by atoms with Gasteiger partial charge in [-0.2, -0.15) is 0 Å². The van der Waals surface area contributed by atoms with Gasteiger partial charge in [0.15, 0.2) is 0 Å². The van der Waals surface area contributed by atoms with E-state index in [0.717, 1.165) is 48.2 Å². The van der Waals surface area contributed by atoms with Crippen LogP contribution in [0.25, 0.3) is 0 Å². The van der Waals surface area contributed by atoms with E-state index in [1.807, 2.05) is 28.8 Å². The summed E-state index contributed by atoms with van der Waals surface area (Å²) in [6, 6.07) is 11.3. The summed E-state index contributed by atoms with van der Waals surface area (Å²) < 4.78 is 1.96. The first-order valence-corrected chi connectivity index (χ1v) is 8.72. The van der Waals surface area contributed by atoms with Crippen molar-refractivity contribution in [3.8, 4) is 0 Å². The first kappa shape index (κ1) is 15.3. The molecule has 1 aromatic heterocycles. The molecule has 0 unspecified atom stereocenters. The Kier molecular flexibility index (Phi) is 3.96. The predicted octanol–water partition coefficient (Wildman–Crippen LogP) is 3.77. The summed E-state index contributed by atoms with van der Waals surface area (Å²) in [6.07, 6.45) is 1.16. The second kappa shape index (κ2) is 5.97. The second-order valence-electron chi connectivity index (χ2n) is 6.59. The molecular weight excluding hydrogens is 331 g/mol. The van der Waals surface area contributed by atoms with Crippen molar-refractivity contribution in [1.29, 1.82) is 0 Å². The Morgan fingerprint density at radius 2 is 1.74 bits per heavy atom. The second-order valence-corrected chi connectivity index (χ2v) is 7.41. The molecule has 1 aromatic carbocycles. The van der Waals surface area contributed by atoms with Gasteiger partial charge in [0, 0.05) is 59.5 Å². The summed E-state index contributed by atoms with van der Waals surface area (Å²) in [5.74, 6) is 0.931. The molecule has 23 heavy (non-hydrogen) atoms. The SMILES string of the molecule is O=c1cccc2n1C[C@@H]1C[C@@H]2CN(Cc2c(Cl)cccc2Cl)C1. The van der Waals surface area contributed by atoms with Crippen LogP contribution < -0.4 is 5.56 Å². The number of likely N-dealkylation sites (tertiary alicyclic amines) is 1. The van der Waals surface area contributed by atoms with Gasteiger partial charge in [-0.25, -0.2) is 0 Å². The number of piperidine rings is 1. The molecule has 1 saturated heterocycles. The van der Waals surface area contributed by atoms with Gasteiger partial charge in [0.2, 0.25) is 0 Å². The summed E-state index contributed by atoms with van der Waals surface area (Å²) in [7, 11) is 0. The average molecular weight is 349 g/mol. The van der Waals surface area contributed by atoms with Crippen LogP contribution in [0.1, 0.15) is 23.6 Å². The van der Waals surface area contributed by atoms with E-state index in [1.54, 1.807) is 6.07 Å². The van der Waals surface area contributed by atoms with Crippen molar-refractivity contribution in [2.24, 2.45) is 5.92 Å². The lowest BCUT2D eigenvalue weighted by molar-refractivity contribution is 0.114. The third-order valence-corrected chi connectivity index (χ3v) is 5.71. The predicted molar refractivity (Wildman–Crippen MR) is 93.3 cm³/mol. The Balaban J connectivity index is 1.60. The minimum Gasteiger partial charge on any atom is -0.312 e. The summed E-state index contributed by atoms with van der Waals surface area (Å²) in [5.41, 5.74) is 2.30. The lowest BCUT2D eigenvalue weighted by Gasteiger charge is -2.43. The van der Waals surface area contributed by atoms with Gasteiger partial charge in [0.1, 0.15) is 0 Å². The Bertz CT molecular complexity index is 782. The van der Waals surface area contributed by atoms with E-state index >= 15 is 0 Å². The van der Waals surface area contributed by atoms with Crippen LogP contribution in [0.4, 0.5) is 0 Å². The van der Waals surface area contributed by atoms with E-state index in [1.165, 1.54) is 5.69 Å². The molecular formula is C18H18Cl2N2O. The Morgan fingerprint density at radius 1 is 1.00 bits per heavy atom. The molecule has 5 heteroatoms. The fourth-order valence-corrected chi connectivity index (χ4v) is 4.55. The molecule has 0 amide bonds. The highest BCUT2D eigenvalue weighted by molar-refractivity contribution is 6.35. The lowest BCUT2D eigenvalue weighted by atomic mass is 9.83. The number of fused-ring (bicyclic) bond motifs is 4. The third kappa shape index (κ3) is 2.82. The van der Waals surface area contributed by atoms with Crippen molar-refractivity contribution >= 4 is 23.2 Å². The highest BCUT2D eigenvalue weighted by Crippen LogP contribution is 2.36. The topological polar surface area (TPSA) is 25.2 Å². The Morgan fingerprint density at radius 3 is 2.52 bits per heavy atom. The van der Waals surface area contributed by atoms with Crippen molar-refractivity contribution in [3.05, 3.63) is 68.1 Å². The molecule has 2 aliphatic rings. The molecule has 3 heterocycles. The highest BCUT2D eigenvalue weighted by atomic mass is 35.5. The number of hydrogen-bond acceptors (Lipinski definition) is 2. The summed E-state index contributed by atoms with van der Waals surface area (Å²) in [6.45, 7) is 3.52. The summed E-state index contributed by atoms with van der Waals surface area (Å²) in [5, 5.41) is 1.45. The van der Waals surface area contributed by atoms with E-state index in [4.69, 9.17) is 23.2 Å². The number of hydrogen-bond donors (Lipinski definition) is 0. The zero-order valence-electron chi connectivity index (χ0n) is 12.7. The van der Waals surface area contributed by atoms with Gasteiger partial charge in [-0.1, -0.05) is 35.3 Å². The molecule has 0 spiro atoms. The van der Waals surface area contributed by atoms with Crippen molar-refractivity contribution in [3.63, 3.8) is 0 Å². The van der Waals surface area contributed by atoms with Gasteiger partial charge >= 0.3 is 0 Å². The van der Waals surface area contributed by atoms with Gasteiger partial charge in [-0.3, -0.25) is 9.69 Å². The molecule has 2 atom stereocenters. The Labute approximate surface area is 145 Å². The van der Waals surface area contributed by atoms with Crippen LogP contribution in [0.15, 0.2) is 41.2 Å². The number of pyridine rings is 1. The van der Waals surface area contributed by atoms with Gasteiger partial charge in [0.25, 0.3) is 5.56 Å². The van der Waals surface area contributed by atoms with Crippen molar-refractivity contribution in [2.75, 3.05) is 13.1 Å². The molecule has 0 radical (unpaired) electrons. The molecule has 2 aromatic rings. The molecule has 2 bridgehead atoms. The standard InChI is InChI=1S/C18H18Cl2N2O/c19-15-3-1-4-16(20)14(15)11-21-8-12-7-13(10-21)17-5-2-6-18(23)22(17)9-12/h1-6,12-13H,7-11H2/t12-,13-/m1/s1. The lowest BCUT2D eigenvalue weighted by Crippen LogP contribution is -2.46. The molecule has 1 fully saturated rings. The van der Waals surface area contributed by atoms with Crippen LogP contribution in [0.5, 0.6) is 0 Å². The van der Waals surface area contributed by atoms with Crippen LogP contribution in [-0.2, 0) is 13.1 Å². The number of nitrogens with zero attached hydrogens (tertiary/aromatic N) is 2. The van der Waals surface area contributed by atoms with Crippen molar-refractivity contribution < 1.29 is 0 Å². The third-order valence-electron chi connectivity index (χ3n) is 5.00. The average Bonchev–Trinajstić information content (AvgIpc) is 2.52.